The number of aromatic nitrogens is 5. The molecule has 3 aromatic heterocycles. The Morgan fingerprint density at radius 3 is 2.57 bits per heavy atom. The van der Waals surface area contributed by atoms with Crippen LogP contribution in [0.15, 0.2) is 101 Å². The van der Waals surface area contributed by atoms with E-state index in [1.165, 1.54) is 41.2 Å². The van der Waals surface area contributed by atoms with Crippen LogP contribution >= 0.6 is 0 Å². The van der Waals surface area contributed by atoms with Gasteiger partial charge in [0.25, 0.3) is 11.5 Å². The topological polar surface area (TPSA) is 160 Å². The molecule has 0 aliphatic carbocycles. The number of aromatic amines is 1. The summed E-state index contributed by atoms with van der Waals surface area (Å²) in [6, 6.07) is 7.53. The van der Waals surface area contributed by atoms with Crippen LogP contribution in [0, 0.1) is 11.2 Å². The molecule has 212 valence electrons. The Hall–Kier alpha value is -5.85. The van der Waals surface area contributed by atoms with Gasteiger partial charge in [-0.2, -0.15) is 0 Å². The zero-order valence-electron chi connectivity index (χ0n) is 22.5. The fourth-order valence-electron chi connectivity index (χ4n) is 4.09. The summed E-state index contributed by atoms with van der Waals surface area (Å²) in [5.74, 6) is -0.699. The predicted octanol–water partition coefficient (Wildman–Crippen LogP) is 3.53. The van der Waals surface area contributed by atoms with E-state index in [0.29, 0.717) is 17.2 Å². The zero-order valence-corrected chi connectivity index (χ0v) is 22.5. The number of rotatable bonds is 8. The SMILES string of the molecule is CC(C)n1cc(C(=O)Nc2ccc(OC3=CC(c4c[nH]cn4)=CN/C3=C\C=N)nc2)c(=O)n(-c2ccc(F)cc2)c1=O. The van der Waals surface area contributed by atoms with Crippen LogP contribution in [-0.2, 0) is 0 Å². The van der Waals surface area contributed by atoms with Crippen molar-refractivity contribution < 1.29 is 13.9 Å². The number of anilines is 1. The summed E-state index contributed by atoms with van der Waals surface area (Å²) < 4.78 is 21.5. The molecular weight excluding hydrogens is 543 g/mol. The number of nitrogens with one attached hydrogen (secondary N) is 4. The van der Waals surface area contributed by atoms with Gasteiger partial charge >= 0.3 is 5.69 Å². The molecule has 0 fully saturated rings. The molecule has 4 N–H and O–H groups in total. The van der Waals surface area contributed by atoms with Crippen LogP contribution < -0.4 is 26.6 Å². The number of imidazole rings is 1. The molecule has 5 rings (SSSR count). The van der Waals surface area contributed by atoms with Crippen molar-refractivity contribution in [1.29, 1.82) is 5.41 Å². The standard InChI is InChI=1S/C29H25FN8O4/c1-17(2)37-15-22(28(40)38(29(37)41)21-6-3-19(30)4-7-21)27(39)36-20-5-8-26(34-13-20)42-25-11-18(24-14-32-16-35-24)12-33-23(25)9-10-31/h3-17,31,33H,1-2H3,(H,32,35)(H,36,39)/b23-9-,31-10?. The molecule has 12 nitrogen and oxygen atoms in total. The lowest BCUT2D eigenvalue weighted by atomic mass is 10.1. The van der Waals surface area contributed by atoms with E-state index in [0.717, 1.165) is 28.5 Å². The number of pyridine rings is 1. The van der Waals surface area contributed by atoms with Gasteiger partial charge in [-0.3, -0.25) is 14.2 Å². The van der Waals surface area contributed by atoms with Gasteiger partial charge in [0.1, 0.15) is 11.4 Å². The lowest BCUT2D eigenvalue weighted by Crippen LogP contribution is -2.42. The lowest BCUT2D eigenvalue weighted by Gasteiger charge is -2.18. The summed E-state index contributed by atoms with van der Waals surface area (Å²) in [5.41, 5.74) is 0.563. The van der Waals surface area contributed by atoms with Crippen molar-refractivity contribution in [2.75, 3.05) is 5.32 Å². The number of benzene rings is 1. The minimum absolute atomic E-state index is 0.131. The number of halogens is 1. The van der Waals surface area contributed by atoms with Crippen LogP contribution in [0.2, 0.25) is 0 Å². The van der Waals surface area contributed by atoms with Gasteiger partial charge in [-0.1, -0.05) is 0 Å². The van der Waals surface area contributed by atoms with Crippen molar-refractivity contribution >= 4 is 23.4 Å². The number of hydrogen-bond donors (Lipinski definition) is 4. The lowest BCUT2D eigenvalue weighted by molar-refractivity contribution is 0.102. The number of carbonyl (C=O) groups is 1. The minimum Gasteiger partial charge on any atom is -0.437 e. The predicted molar refractivity (Wildman–Crippen MR) is 154 cm³/mol. The molecule has 1 amide bonds. The van der Waals surface area contributed by atoms with E-state index in [2.05, 4.69) is 25.6 Å². The Balaban J connectivity index is 1.39. The van der Waals surface area contributed by atoms with E-state index >= 15 is 0 Å². The summed E-state index contributed by atoms with van der Waals surface area (Å²) in [4.78, 5) is 50.9. The molecule has 0 spiro atoms. The Bertz CT molecular complexity index is 1850. The molecule has 0 saturated carbocycles. The van der Waals surface area contributed by atoms with Gasteiger partial charge in [0.05, 0.1) is 35.3 Å². The summed E-state index contributed by atoms with van der Waals surface area (Å²) in [7, 11) is 0. The fraction of sp³-hybridized carbons (Fsp3) is 0.103. The quantitative estimate of drug-likeness (QED) is 0.237. The zero-order chi connectivity index (χ0) is 29.8. The Morgan fingerprint density at radius 2 is 1.93 bits per heavy atom. The second-order valence-electron chi connectivity index (χ2n) is 9.34. The third-order valence-electron chi connectivity index (χ3n) is 6.19. The molecule has 42 heavy (non-hydrogen) atoms. The van der Waals surface area contributed by atoms with E-state index < -0.39 is 23.0 Å². The number of dihydropyridines is 1. The average Bonchev–Trinajstić information content (AvgIpc) is 3.51. The highest BCUT2D eigenvalue weighted by molar-refractivity contribution is 6.03. The molecule has 0 radical (unpaired) electrons. The van der Waals surface area contributed by atoms with E-state index in [9.17, 15) is 18.8 Å². The van der Waals surface area contributed by atoms with Crippen LogP contribution in [0.3, 0.4) is 0 Å². The van der Waals surface area contributed by atoms with Gasteiger partial charge in [-0.15, -0.1) is 0 Å². The maximum absolute atomic E-state index is 13.5. The summed E-state index contributed by atoms with van der Waals surface area (Å²) in [5, 5.41) is 13.1. The second kappa shape index (κ2) is 11.7. The summed E-state index contributed by atoms with van der Waals surface area (Å²) >= 11 is 0. The van der Waals surface area contributed by atoms with Crippen molar-refractivity contribution in [3.63, 3.8) is 0 Å². The first-order chi connectivity index (χ1) is 20.2. The van der Waals surface area contributed by atoms with E-state index in [1.807, 2.05) is 0 Å². The molecule has 4 aromatic rings. The van der Waals surface area contributed by atoms with Gasteiger partial charge in [0.2, 0.25) is 5.88 Å². The van der Waals surface area contributed by atoms with Crippen molar-refractivity contribution in [2.45, 2.75) is 19.9 Å². The fourth-order valence-corrected chi connectivity index (χ4v) is 4.09. The first-order valence-electron chi connectivity index (χ1n) is 12.7. The van der Waals surface area contributed by atoms with Crippen molar-refractivity contribution in [3.05, 3.63) is 129 Å². The van der Waals surface area contributed by atoms with Gasteiger partial charge in [-0.25, -0.2) is 23.7 Å². The molecule has 1 aromatic carbocycles. The maximum Gasteiger partial charge on any atom is 0.335 e. The van der Waals surface area contributed by atoms with Crippen molar-refractivity contribution in [1.82, 2.24) is 29.4 Å². The first kappa shape index (κ1) is 27.7. The molecule has 0 bridgehead atoms. The van der Waals surface area contributed by atoms with E-state index in [1.54, 1.807) is 44.7 Å². The number of nitrogens with zero attached hydrogens (tertiary/aromatic N) is 4. The number of ether oxygens (including phenoxy) is 1. The summed E-state index contributed by atoms with van der Waals surface area (Å²) in [6.07, 6.45) is 12.0. The van der Waals surface area contributed by atoms with Crippen LogP contribution in [-0.4, -0.2) is 36.2 Å². The molecular formula is C29H25FN8O4. The maximum atomic E-state index is 13.5. The molecule has 0 saturated heterocycles. The van der Waals surface area contributed by atoms with Gasteiger partial charge < -0.3 is 25.8 Å². The number of allylic oxidation sites excluding steroid dienone is 3. The van der Waals surface area contributed by atoms with Crippen molar-refractivity contribution in [2.24, 2.45) is 0 Å². The average molecular weight is 569 g/mol. The second-order valence-corrected chi connectivity index (χ2v) is 9.34. The Kier molecular flexibility index (Phi) is 7.73. The molecule has 0 unspecified atom stereocenters. The van der Waals surface area contributed by atoms with E-state index in [4.69, 9.17) is 10.1 Å². The number of H-pyrrole nitrogens is 1. The van der Waals surface area contributed by atoms with Gasteiger partial charge in [0, 0.05) is 42.5 Å². The first-order valence-corrected chi connectivity index (χ1v) is 12.7. The number of carbonyl (C=O) groups excluding carboxylic acids is 1. The minimum atomic E-state index is -0.850. The molecule has 4 heterocycles. The van der Waals surface area contributed by atoms with Crippen LogP contribution in [0.25, 0.3) is 11.3 Å². The third-order valence-corrected chi connectivity index (χ3v) is 6.19. The Morgan fingerprint density at radius 1 is 1.14 bits per heavy atom. The molecule has 1 aliphatic heterocycles. The van der Waals surface area contributed by atoms with E-state index in [-0.39, 0.29) is 28.9 Å². The van der Waals surface area contributed by atoms with Gasteiger partial charge in [-0.05, 0) is 56.3 Å². The highest BCUT2D eigenvalue weighted by Crippen LogP contribution is 2.25. The molecule has 13 heteroatoms. The molecule has 1 aliphatic rings. The van der Waals surface area contributed by atoms with Crippen LogP contribution in [0.5, 0.6) is 5.88 Å². The van der Waals surface area contributed by atoms with Crippen molar-refractivity contribution in [3.8, 4) is 11.6 Å². The largest absolute Gasteiger partial charge is 0.437 e. The number of hydrogen-bond acceptors (Lipinski definition) is 8. The normalized spacial score (nSPS) is 13.8. The monoisotopic (exact) mass is 568 g/mol. The van der Waals surface area contributed by atoms with Crippen LogP contribution in [0.1, 0.15) is 35.9 Å². The highest BCUT2D eigenvalue weighted by atomic mass is 19.1. The third kappa shape index (κ3) is 5.70. The molecule has 0 atom stereocenters. The van der Waals surface area contributed by atoms with Crippen LogP contribution in [0.4, 0.5) is 10.1 Å². The highest BCUT2D eigenvalue weighted by Gasteiger charge is 2.21. The van der Waals surface area contributed by atoms with Gasteiger partial charge in [0.15, 0.2) is 5.76 Å². The number of amides is 1. The summed E-state index contributed by atoms with van der Waals surface area (Å²) in [6.45, 7) is 3.47. The Labute approximate surface area is 238 Å². The smallest absolute Gasteiger partial charge is 0.335 e.